The van der Waals surface area contributed by atoms with Crippen molar-refractivity contribution in [3.8, 4) is 23.0 Å². The van der Waals surface area contributed by atoms with Gasteiger partial charge in [0.05, 0.1) is 17.2 Å². The second-order valence-corrected chi connectivity index (χ2v) is 8.57. The molecule has 4 rings (SSSR count). The number of aromatic amines is 1. The molecular weight excluding hydrogens is 358 g/mol. The fraction of sp³-hybridized carbons (Fsp3) is 0.250. The number of rotatable bonds is 4. The highest BCUT2D eigenvalue weighted by molar-refractivity contribution is 7.87. The summed E-state index contributed by atoms with van der Waals surface area (Å²) in [5.41, 5.74) is 3.45. The van der Waals surface area contributed by atoms with Crippen LogP contribution in [0.1, 0.15) is 29.7 Å². The maximum Gasteiger partial charge on any atom is 0.280 e. The lowest BCUT2D eigenvalue weighted by Gasteiger charge is -2.09. The third-order valence-corrected chi connectivity index (χ3v) is 6.79. The molecule has 136 valence electrons. The van der Waals surface area contributed by atoms with Crippen molar-refractivity contribution < 1.29 is 0 Å². The van der Waals surface area contributed by atoms with Gasteiger partial charge in [-0.15, -0.1) is 0 Å². The summed E-state index contributed by atoms with van der Waals surface area (Å²) in [4.78, 5) is 18.4. The average Bonchev–Trinajstić information content (AvgIpc) is 3.47. The van der Waals surface area contributed by atoms with Crippen molar-refractivity contribution in [2.24, 2.45) is 0 Å². The van der Waals surface area contributed by atoms with Crippen molar-refractivity contribution in [1.29, 1.82) is 10.0 Å². The van der Waals surface area contributed by atoms with Crippen LogP contribution in [0.3, 0.4) is 0 Å². The predicted molar refractivity (Wildman–Crippen MR) is 105 cm³/mol. The van der Waals surface area contributed by atoms with Crippen molar-refractivity contribution >= 4 is 10.7 Å². The van der Waals surface area contributed by atoms with Gasteiger partial charge in [0.1, 0.15) is 0 Å². The number of benzene rings is 1. The molecule has 1 saturated carbocycles. The van der Waals surface area contributed by atoms with Crippen LogP contribution in [0, 0.1) is 30.0 Å². The lowest BCUT2D eigenvalue weighted by molar-refractivity contribution is 0.801. The molecule has 2 aromatic heterocycles. The highest BCUT2D eigenvalue weighted by Crippen LogP contribution is 2.32. The van der Waals surface area contributed by atoms with Crippen LogP contribution in [-0.4, -0.2) is 20.0 Å². The summed E-state index contributed by atoms with van der Waals surface area (Å²) in [5.74, 6) is 0.525. The molecule has 1 fully saturated rings. The van der Waals surface area contributed by atoms with Gasteiger partial charge in [-0.25, -0.2) is 9.67 Å². The molecule has 0 saturated heterocycles. The summed E-state index contributed by atoms with van der Waals surface area (Å²) in [6.45, 7) is 3.82. The Morgan fingerprint density at radius 1 is 1.30 bits per heavy atom. The molecule has 2 heterocycles. The van der Waals surface area contributed by atoms with Crippen LogP contribution >= 0.6 is 0 Å². The molecule has 1 atom stereocenters. The molecule has 0 spiro atoms. The number of nitriles is 1. The third-order valence-electron chi connectivity index (χ3n) is 4.75. The Labute approximate surface area is 159 Å². The van der Waals surface area contributed by atoms with E-state index in [1.807, 2.05) is 19.9 Å². The van der Waals surface area contributed by atoms with Gasteiger partial charge in [-0.3, -0.25) is 14.7 Å². The van der Waals surface area contributed by atoms with E-state index in [1.165, 1.54) is 4.68 Å². The van der Waals surface area contributed by atoms with E-state index < -0.39 is 10.7 Å². The van der Waals surface area contributed by atoms with E-state index in [-0.39, 0.29) is 5.56 Å². The number of hydrogen-bond acceptors (Lipinski definition) is 4. The Hall–Kier alpha value is -2.98. The Balaban J connectivity index is 1.75. The van der Waals surface area contributed by atoms with Gasteiger partial charge >= 0.3 is 0 Å². The van der Waals surface area contributed by atoms with Crippen molar-refractivity contribution in [1.82, 2.24) is 14.8 Å². The fourth-order valence-corrected chi connectivity index (χ4v) is 4.66. The predicted octanol–water partition coefficient (Wildman–Crippen LogP) is 3.62. The standard InChI is InChI=1S/C20H19N5OS/c1-12-9-18(23-11-17(12)27(22)16-7-8-16)25-20(26)19(13(2)24-25)15-5-3-14(10-21)4-6-15/h3-6,9,11,16,22,24H,7-8H2,1-2H3/t27-/m0/s1. The molecule has 1 aliphatic carbocycles. The first-order valence-corrected chi connectivity index (χ1v) is 10.0. The van der Waals surface area contributed by atoms with Crippen molar-refractivity contribution in [3.63, 3.8) is 0 Å². The molecule has 7 heteroatoms. The zero-order valence-electron chi connectivity index (χ0n) is 15.1. The first-order chi connectivity index (χ1) is 13.0. The Morgan fingerprint density at radius 2 is 2.00 bits per heavy atom. The fourth-order valence-electron chi connectivity index (χ4n) is 3.12. The van der Waals surface area contributed by atoms with Gasteiger partial charge in [-0.2, -0.15) is 5.26 Å². The Morgan fingerprint density at radius 3 is 2.59 bits per heavy atom. The molecule has 0 radical (unpaired) electrons. The topological polar surface area (TPSA) is 98.3 Å². The summed E-state index contributed by atoms with van der Waals surface area (Å²) >= 11 is 0. The maximum absolute atomic E-state index is 13.0. The van der Waals surface area contributed by atoms with E-state index in [9.17, 15) is 4.79 Å². The van der Waals surface area contributed by atoms with E-state index in [0.29, 0.717) is 22.2 Å². The highest BCUT2D eigenvalue weighted by atomic mass is 32.2. The van der Waals surface area contributed by atoms with E-state index in [1.54, 1.807) is 30.5 Å². The van der Waals surface area contributed by atoms with Gasteiger partial charge in [0, 0.05) is 22.0 Å². The van der Waals surface area contributed by atoms with Gasteiger partial charge in [0.15, 0.2) is 5.82 Å². The van der Waals surface area contributed by atoms with Crippen LogP contribution in [-0.2, 0) is 10.7 Å². The summed E-state index contributed by atoms with van der Waals surface area (Å²) in [7, 11) is -0.524. The summed E-state index contributed by atoms with van der Waals surface area (Å²) < 4.78 is 9.80. The lowest BCUT2D eigenvalue weighted by Crippen LogP contribution is -2.17. The van der Waals surface area contributed by atoms with Crippen LogP contribution in [0.15, 0.2) is 46.2 Å². The number of aromatic nitrogens is 3. The van der Waals surface area contributed by atoms with E-state index in [0.717, 1.165) is 34.6 Å². The second-order valence-electron chi connectivity index (χ2n) is 6.79. The van der Waals surface area contributed by atoms with Crippen molar-refractivity contribution in [2.45, 2.75) is 36.8 Å². The normalized spacial score (nSPS) is 14.7. The number of nitrogens with zero attached hydrogens (tertiary/aromatic N) is 3. The number of pyridine rings is 1. The van der Waals surface area contributed by atoms with Crippen LogP contribution in [0.5, 0.6) is 0 Å². The number of H-pyrrole nitrogens is 1. The largest absolute Gasteiger partial charge is 0.293 e. The van der Waals surface area contributed by atoms with E-state index in [4.69, 9.17) is 10.0 Å². The Kier molecular flexibility index (Phi) is 4.28. The number of hydrogen-bond donors (Lipinski definition) is 2. The summed E-state index contributed by atoms with van der Waals surface area (Å²) in [6, 6.07) is 10.9. The third kappa shape index (κ3) is 3.13. The van der Waals surface area contributed by atoms with Crippen LogP contribution in [0.25, 0.3) is 16.9 Å². The number of nitrogens with one attached hydrogen (secondary N) is 2. The molecule has 1 aliphatic rings. The van der Waals surface area contributed by atoms with Crippen molar-refractivity contribution in [2.75, 3.05) is 0 Å². The molecule has 0 amide bonds. The van der Waals surface area contributed by atoms with Gasteiger partial charge in [-0.1, -0.05) is 22.8 Å². The first-order valence-electron chi connectivity index (χ1n) is 8.73. The van der Waals surface area contributed by atoms with E-state index in [2.05, 4.69) is 16.2 Å². The molecule has 0 bridgehead atoms. The first kappa shape index (κ1) is 17.4. The SMILES string of the molecule is Cc1cc(-n2[nH]c(C)c(-c3ccc(C#N)cc3)c2=O)ncc1[S@@](=N)C1CC1. The molecule has 0 unspecified atom stereocenters. The minimum absolute atomic E-state index is 0.177. The van der Waals surface area contributed by atoms with E-state index >= 15 is 0 Å². The summed E-state index contributed by atoms with van der Waals surface area (Å²) in [5, 5.41) is 12.5. The van der Waals surface area contributed by atoms with Crippen LogP contribution in [0.2, 0.25) is 0 Å². The smallest absolute Gasteiger partial charge is 0.280 e. The van der Waals surface area contributed by atoms with Gasteiger partial charge < -0.3 is 0 Å². The average molecular weight is 377 g/mol. The summed E-state index contributed by atoms with van der Waals surface area (Å²) in [6.07, 6.45) is 3.98. The molecule has 1 aromatic carbocycles. The zero-order valence-corrected chi connectivity index (χ0v) is 15.9. The second kappa shape index (κ2) is 6.63. The maximum atomic E-state index is 13.0. The Bertz CT molecular complexity index is 1150. The zero-order chi connectivity index (χ0) is 19.1. The lowest BCUT2D eigenvalue weighted by atomic mass is 10.1. The molecule has 6 nitrogen and oxygen atoms in total. The molecule has 2 N–H and O–H groups in total. The van der Waals surface area contributed by atoms with Crippen LogP contribution in [0.4, 0.5) is 0 Å². The van der Waals surface area contributed by atoms with Crippen LogP contribution < -0.4 is 5.56 Å². The molecule has 27 heavy (non-hydrogen) atoms. The van der Waals surface area contributed by atoms with Gasteiger partial charge in [0.25, 0.3) is 5.56 Å². The molecule has 3 aromatic rings. The quantitative estimate of drug-likeness (QED) is 0.726. The van der Waals surface area contributed by atoms with Gasteiger partial charge in [-0.05, 0) is 56.0 Å². The van der Waals surface area contributed by atoms with Gasteiger partial charge in [0.2, 0.25) is 0 Å². The minimum atomic E-state index is -0.524. The molecule has 0 aliphatic heterocycles. The highest BCUT2D eigenvalue weighted by Gasteiger charge is 2.27. The molecular formula is C20H19N5OS. The minimum Gasteiger partial charge on any atom is -0.293 e. The number of aryl methyl sites for hydroxylation is 2. The monoisotopic (exact) mass is 377 g/mol. The van der Waals surface area contributed by atoms with Crippen molar-refractivity contribution in [3.05, 3.63) is 63.7 Å².